The molecule has 6 nitrogen and oxygen atoms in total. The lowest BCUT2D eigenvalue weighted by molar-refractivity contribution is 0.0948. The third kappa shape index (κ3) is 3.87. The van der Waals surface area contributed by atoms with Crippen LogP contribution in [0.5, 0.6) is 0 Å². The molecule has 2 aromatic heterocycles. The molecule has 29 heavy (non-hydrogen) atoms. The highest BCUT2D eigenvalue weighted by Crippen LogP contribution is 2.16. The van der Waals surface area contributed by atoms with Crippen LogP contribution < -0.4 is 10.6 Å². The van der Waals surface area contributed by atoms with Crippen molar-refractivity contribution >= 4 is 23.0 Å². The molecule has 0 fully saturated rings. The van der Waals surface area contributed by atoms with Crippen LogP contribution in [0.15, 0.2) is 79.0 Å². The summed E-state index contributed by atoms with van der Waals surface area (Å²) in [4.78, 5) is 29.9. The first-order valence-electron chi connectivity index (χ1n) is 9.29. The first kappa shape index (κ1) is 18.4. The molecular weight excluding hydrogens is 364 g/mol. The van der Waals surface area contributed by atoms with E-state index in [1.165, 1.54) is 0 Å². The van der Waals surface area contributed by atoms with Crippen LogP contribution in [0.2, 0.25) is 0 Å². The molecule has 0 atom stereocenters. The van der Waals surface area contributed by atoms with Crippen LogP contribution in [0.4, 0.5) is 5.69 Å². The number of anilines is 1. The molecule has 2 heterocycles. The summed E-state index contributed by atoms with van der Waals surface area (Å²) in [7, 11) is 0. The number of nitrogens with zero attached hydrogens (tertiary/aromatic N) is 2. The zero-order valence-electron chi connectivity index (χ0n) is 15.9. The first-order valence-corrected chi connectivity index (χ1v) is 9.29. The van der Waals surface area contributed by atoms with E-state index in [0.29, 0.717) is 17.7 Å². The molecule has 144 valence electrons. The number of fused-ring (bicyclic) bond motifs is 1. The molecule has 0 aliphatic carbocycles. The van der Waals surface area contributed by atoms with E-state index in [1.807, 2.05) is 55.5 Å². The highest BCUT2D eigenvalue weighted by Gasteiger charge is 2.21. The summed E-state index contributed by atoms with van der Waals surface area (Å²) in [5.41, 5.74) is 3.60. The number of aryl methyl sites for hydroxylation is 1. The summed E-state index contributed by atoms with van der Waals surface area (Å²) in [6, 6.07) is 22.4. The Bertz CT molecular complexity index is 1180. The van der Waals surface area contributed by atoms with Gasteiger partial charge in [-0.3, -0.25) is 14.0 Å². The van der Waals surface area contributed by atoms with E-state index in [0.717, 1.165) is 11.1 Å². The number of hydrogen-bond donors (Lipinski definition) is 2. The van der Waals surface area contributed by atoms with E-state index in [-0.39, 0.29) is 23.3 Å². The zero-order valence-corrected chi connectivity index (χ0v) is 15.9. The lowest BCUT2D eigenvalue weighted by Crippen LogP contribution is -2.24. The van der Waals surface area contributed by atoms with Crippen molar-refractivity contribution in [3.63, 3.8) is 0 Å². The molecule has 2 N–H and O–H groups in total. The Morgan fingerprint density at radius 3 is 2.41 bits per heavy atom. The van der Waals surface area contributed by atoms with Crippen LogP contribution in [0.25, 0.3) is 5.52 Å². The van der Waals surface area contributed by atoms with Crippen molar-refractivity contribution in [2.45, 2.75) is 13.5 Å². The van der Waals surface area contributed by atoms with Crippen molar-refractivity contribution in [1.82, 2.24) is 14.7 Å². The zero-order chi connectivity index (χ0) is 20.2. The van der Waals surface area contributed by atoms with Gasteiger partial charge < -0.3 is 10.6 Å². The summed E-state index contributed by atoms with van der Waals surface area (Å²) < 4.78 is 1.63. The largest absolute Gasteiger partial charge is 0.347 e. The Morgan fingerprint density at radius 1 is 0.897 bits per heavy atom. The minimum absolute atomic E-state index is 0.158. The molecule has 2 aromatic carbocycles. The number of hydrogen-bond acceptors (Lipinski definition) is 3. The average molecular weight is 384 g/mol. The maximum absolute atomic E-state index is 12.8. The van der Waals surface area contributed by atoms with Gasteiger partial charge in [-0.1, -0.05) is 48.5 Å². The van der Waals surface area contributed by atoms with E-state index < -0.39 is 0 Å². The summed E-state index contributed by atoms with van der Waals surface area (Å²) in [5.74, 6) is -0.545. The van der Waals surface area contributed by atoms with Crippen LogP contribution >= 0.6 is 0 Å². The van der Waals surface area contributed by atoms with E-state index in [1.54, 1.807) is 34.9 Å². The summed E-state index contributed by atoms with van der Waals surface area (Å²) in [5, 5.41) is 5.72. The summed E-state index contributed by atoms with van der Waals surface area (Å²) >= 11 is 0. The van der Waals surface area contributed by atoms with Gasteiger partial charge in [-0.15, -0.1) is 0 Å². The minimum atomic E-state index is -0.379. The van der Waals surface area contributed by atoms with Gasteiger partial charge in [0.2, 0.25) is 5.82 Å². The van der Waals surface area contributed by atoms with Crippen molar-refractivity contribution in [2.75, 3.05) is 5.32 Å². The molecule has 0 saturated carbocycles. The number of carbonyl (C=O) groups excluding carboxylic acids is 2. The number of pyridine rings is 1. The maximum atomic E-state index is 12.8. The fourth-order valence-corrected chi connectivity index (χ4v) is 3.14. The minimum Gasteiger partial charge on any atom is -0.347 e. The molecule has 4 aromatic rings. The Hall–Kier alpha value is -3.93. The van der Waals surface area contributed by atoms with Gasteiger partial charge in [-0.2, -0.15) is 0 Å². The number of nitrogens with one attached hydrogen (secondary N) is 2. The first-order chi connectivity index (χ1) is 14.1. The molecule has 6 heteroatoms. The second-order valence-corrected chi connectivity index (χ2v) is 6.67. The Balaban J connectivity index is 1.61. The Morgan fingerprint density at radius 2 is 1.62 bits per heavy atom. The second-order valence-electron chi connectivity index (χ2n) is 6.67. The molecule has 0 unspecified atom stereocenters. The molecule has 0 bridgehead atoms. The number of para-hydroxylation sites is 1. The highest BCUT2D eigenvalue weighted by atomic mass is 16.2. The van der Waals surface area contributed by atoms with E-state index in [4.69, 9.17) is 0 Å². The van der Waals surface area contributed by atoms with E-state index in [9.17, 15) is 9.59 Å². The standard InChI is InChI=1S/C23H20N4O2/c1-16-9-5-6-10-17(16)15-24-22(28)20-19-13-7-8-14-27(19)21(26-20)23(29)25-18-11-3-2-4-12-18/h2-14H,15H2,1H3,(H,24,28)(H,25,29). The smallest absolute Gasteiger partial charge is 0.292 e. The number of aromatic nitrogens is 2. The molecule has 0 radical (unpaired) electrons. The third-order valence-electron chi connectivity index (χ3n) is 4.70. The quantitative estimate of drug-likeness (QED) is 0.549. The summed E-state index contributed by atoms with van der Waals surface area (Å²) in [6.07, 6.45) is 1.72. The predicted molar refractivity (Wildman–Crippen MR) is 112 cm³/mol. The fourth-order valence-electron chi connectivity index (χ4n) is 3.14. The molecular formula is C23H20N4O2. The van der Waals surface area contributed by atoms with Crippen molar-refractivity contribution in [3.8, 4) is 0 Å². The number of amides is 2. The van der Waals surface area contributed by atoms with Gasteiger partial charge in [-0.25, -0.2) is 4.98 Å². The van der Waals surface area contributed by atoms with Gasteiger partial charge in [0.1, 0.15) is 0 Å². The molecule has 0 aliphatic heterocycles. The van der Waals surface area contributed by atoms with Crippen molar-refractivity contribution in [3.05, 3.63) is 102 Å². The molecule has 0 saturated heterocycles. The highest BCUT2D eigenvalue weighted by molar-refractivity contribution is 6.06. The fraction of sp³-hybridized carbons (Fsp3) is 0.0870. The molecule has 2 amide bonds. The molecule has 0 aliphatic rings. The van der Waals surface area contributed by atoms with Gasteiger partial charge in [0.15, 0.2) is 5.69 Å². The Kier molecular flexibility index (Phi) is 5.07. The second kappa shape index (κ2) is 7.98. The van der Waals surface area contributed by atoms with Crippen LogP contribution in [-0.2, 0) is 6.54 Å². The average Bonchev–Trinajstić information content (AvgIpc) is 3.14. The monoisotopic (exact) mass is 384 g/mol. The van der Waals surface area contributed by atoms with Crippen LogP contribution in [0.1, 0.15) is 32.2 Å². The van der Waals surface area contributed by atoms with Crippen molar-refractivity contribution in [1.29, 1.82) is 0 Å². The normalized spacial score (nSPS) is 10.7. The number of benzene rings is 2. The SMILES string of the molecule is Cc1ccccc1CNC(=O)c1nc(C(=O)Nc2ccccc2)n2ccccc12. The third-order valence-corrected chi connectivity index (χ3v) is 4.70. The van der Waals surface area contributed by atoms with Crippen LogP contribution in [-0.4, -0.2) is 21.2 Å². The van der Waals surface area contributed by atoms with Crippen LogP contribution in [0, 0.1) is 6.92 Å². The van der Waals surface area contributed by atoms with Crippen molar-refractivity contribution in [2.24, 2.45) is 0 Å². The van der Waals surface area contributed by atoms with Gasteiger partial charge in [0.05, 0.1) is 5.52 Å². The topological polar surface area (TPSA) is 75.5 Å². The molecule has 0 spiro atoms. The van der Waals surface area contributed by atoms with Gasteiger partial charge in [0, 0.05) is 18.4 Å². The lowest BCUT2D eigenvalue weighted by atomic mass is 10.1. The van der Waals surface area contributed by atoms with E-state index in [2.05, 4.69) is 15.6 Å². The Labute approximate surface area is 168 Å². The number of rotatable bonds is 5. The maximum Gasteiger partial charge on any atom is 0.292 e. The van der Waals surface area contributed by atoms with Gasteiger partial charge in [-0.05, 0) is 42.3 Å². The van der Waals surface area contributed by atoms with Gasteiger partial charge >= 0.3 is 0 Å². The lowest BCUT2D eigenvalue weighted by Gasteiger charge is -2.06. The van der Waals surface area contributed by atoms with E-state index >= 15 is 0 Å². The van der Waals surface area contributed by atoms with Crippen LogP contribution in [0.3, 0.4) is 0 Å². The number of imidazole rings is 1. The van der Waals surface area contributed by atoms with Gasteiger partial charge in [0.25, 0.3) is 11.8 Å². The molecule has 4 rings (SSSR count). The summed E-state index contributed by atoms with van der Waals surface area (Å²) in [6.45, 7) is 2.39. The van der Waals surface area contributed by atoms with Crippen molar-refractivity contribution < 1.29 is 9.59 Å². The number of carbonyl (C=O) groups is 2. The predicted octanol–water partition coefficient (Wildman–Crippen LogP) is 3.83.